The van der Waals surface area contributed by atoms with Crippen LogP contribution in [0.25, 0.3) is 22.2 Å². The zero-order chi connectivity index (χ0) is 25.8. The topological polar surface area (TPSA) is 102 Å². The summed E-state index contributed by atoms with van der Waals surface area (Å²) in [4.78, 5) is 25.0. The fourth-order valence-corrected chi connectivity index (χ4v) is 4.91. The van der Waals surface area contributed by atoms with Crippen LogP contribution < -0.4 is 10.5 Å². The number of anilines is 1. The van der Waals surface area contributed by atoms with Gasteiger partial charge in [-0.05, 0) is 51.0 Å². The number of ether oxygens (including phenoxy) is 1. The average molecular weight is 500 g/mol. The van der Waals surface area contributed by atoms with Gasteiger partial charge < -0.3 is 9.64 Å². The largest absolute Gasteiger partial charge is 0.367 e. The van der Waals surface area contributed by atoms with Crippen molar-refractivity contribution in [3.63, 3.8) is 0 Å². The molecule has 4 aromatic rings. The van der Waals surface area contributed by atoms with E-state index in [0.717, 1.165) is 18.4 Å². The van der Waals surface area contributed by atoms with Crippen LogP contribution in [0.1, 0.15) is 48.9 Å². The van der Waals surface area contributed by atoms with E-state index in [2.05, 4.69) is 27.2 Å². The second-order valence-corrected chi connectivity index (χ2v) is 9.88. The number of aryl methyl sites for hydroxylation is 1. The third-order valence-electron chi connectivity index (χ3n) is 7.13. The highest BCUT2D eigenvalue weighted by molar-refractivity contribution is 5.94. The van der Waals surface area contributed by atoms with Gasteiger partial charge in [0.25, 0.3) is 5.56 Å². The number of rotatable bonds is 4. The normalized spacial score (nSPS) is 19.8. The minimum atomic E-state index is -0.516. The average Bonchev–Trinajstić information content (AvgIpc) is 3.62. The molecule has 188 valence electrons. The van der Waals surface area contributed by atoms with E-state index < -0.39 is 5.82 Å². The van der Waals surface area contributed by atoms with Gasteiger partial charge in [0.15, 0.2) is 0 Å². The minimum Gasteiger partial charge on any atom is -0.367 e. The van der Waals surface area contributed by atoms with E-state index in [9.17, 15) is 14.4 Å². The molecule has 0 unspecified atom stereocenters. The van der Waals surface area contributed by atoms with Crippen molar-refractivity contribution in [3.8, 4) is 17.3 Å². The van der Waals surface area contributed by atoms with E-state index in [1.807, 2.05) is 17.8 Å². The Hall–Kier alpha value is -4.10. The van der Waals surface area contributed by atoms with Gasteiger partial charge in [-0.1, -0.05) is 0 Å². The molecule has 0 N–H and O–H groups in total. The van der Waals surface area contributed by atoms with E-state index in [-0.39, 0.29) is 23.3 Å². The summed E-state index contributed by atoms with van der Waals surface area (Å²) >= 11 is 0. The second kappa shape index (κ2) is 8.78. The molecule has 1 saturated carbocycles. The van der Waals surface area contributed by atoms with Gasteiger partial charge in [0.05, 0.1) is 41.9 Å². The molecule has 1 aliphatic carbocycles. The van der Waals surface area contributed by atoms with Crippen molar-refractivity contribution in [2.24, 2.45) is 7.05 Å². The van der Waals surface area contributed by atoms with Crippen molar-refractivity contribution in [1.82, 2.24) is 24.3 Å². The lowest BCUT2D eigenvalue weighted by molar-refractivity contribution is -0.0176. The minimum absolute atomic E-state index is 0.0940. The Bertz CT molecular complexity index is 1630. The van der Waals surface area contributed by atoms with Gasteiger partial charge >= 0.3 is 0 Å². The lowest BCUT2D eigenvalue weighted by atomic mass is 10.0. The van der Waals surface area contributed by atoms with Crippen LogP contribution >= 0.6 is 0 Å². The Balaban J connectivity index is 1.49. The van der Waals surface area contributed by atoms with Gasteiger partial charge in [-0.15, -0.1) is 0 Å². The molecular weight excluding hydrogens is 473 g/mol. The van der Waals surface area contributed by atoms with E-state index in [0.29, 0.717) is 52.9 Å². The van der Waals surface area contributed by atoms with E-state index in [1.54, 1.807) is 20.0 Å². The summed E-state index contributed by atoms with van der Waals surface area (Å²) in [5.41, 5.74) is 2.11. The molecule has 3 aromatic heterocycles. The van der Waals surface area contributed by atoms with E-state index in [4.69, 9.17) is 9.72 Å². The molecule has 10 heteroatoms. The number of nitrogens with zero attached hydrogens (tertiary/aromatic N) is 7. The first-order valence-electron chi connectivity index (χ1n) is 12.3. The van der Waals surface area contributed by atoms with Crippen molar-refractivity contribution >= 4 is 16.7 Å². The maximum Gasteiger partial charge on any atom is 0.261 e. The molecule has 1 aromatic carbocycles. The molecule has 0 amide bonds. The number of pyridine rings is 1. The zero-order valence-electron chi connectivity index (χ0n) is 20.8. The first-order chi connectivity index (χ1) is 17.8. The molecule has 4 heterocycles. The molecule has 1 saturated heterocycles. The van der Waals surface area contributed by atoms with Crippen molar-refractivity contribution in [1.29, 1.82) is 5.26 Å². The van der Waals surface area contributed by atoms with Crippen molar-refractivity contribution < 1.29 is 9.13 Å². The molecule has 9 nitrogen and oxygen atoms in total. The zero-order valence-corrected chi connectivity index (χ0v) is 20.8. The predicted octanol–water partition coefficient (Wildman–Crippen LogP) is 3.81. The van der Waals surface area contributed by atoms with Crippen LogP contribution in [-0.2, 0) is 11.8 Å². The van der Waals surface area contributed by atoms with Crippen LogP contribution in [0.2, 0.25) is 0 Å². The lowest BCUT2D eigenvalue weighted by Crippen LogP contribution is -2.43. The molecule has 37 heavy (non-hydrogen) atoms. The van der Waals surface area contributed by atoms with Crippen LogP contribution in [0, 0.1) is 24.1 Å². The first kappa shape index (κ1) is 23.3. The number of halogens is 1. The molecular formula is C27H26FN7O2. The molecule has 2 atom stereocenters. The molecule has 6 rings (SSSR count). The molecule has 0 bridgehead atoms. The summed E-state index contributed by atoms with van der Waals surface area (Å²) < 4.78 is 23.7. The Kier molecular flexibility index (Phi) is 5.53. The standard InChI is InChI=1S/C27H26FN7O2/c1-15-12-34(14-23(37-15)18-11-30-35(13-18)20-5-6-20)24-9-22-26(31-16(2)33(3)27(22)36)25(32-24)21-7-4-19(28)8-17(21)10-29/h4,7-9,11,13,15,20,23H,5-6,12,14H2,1-3H3/t15-,23-/m1/s1. The van der Waals surface area contributed by atoms with Gasteiger partial charge in [-0.2, -0.15) is 10.4 Å². The van der Waals surface area contributed by atoms with Crippen molar-refractivity contribution in [2.45, 2.75) is 44.9 Å². The van der Waals surface area contributed by atoms with Gasteiger partial charge in [0.2, 0.25) is 0 Å². The maximum atomic E-state index is 13.9. The van der Waals surface area contributed by atoms with Gasteiger partial charge in [-0.25, -0.2) is 14.4 Å². The molecule has 0 radical (unpaired) electrons. The fraction of sp³-hybridized carbons (Fsp3) is 0.370. The number of hydrogen-bond acceptors (Lipinski definition) is 7. The van der Waals surface area contributed by atoms with Crippen LogP contribution in [-0.4, -0.2) is 43.5 Å². The Labute approximate surface area is 212 Å². The quantitative estimate of drug-likeness (QED) is 0.421. The Morgan fingerprint density at radius 2 is 2.00 bits per heavy atom. The van der Waals surface area contributed by atoms with Crippen LogP contribution in [0.5, 0.6) is 0 Å². The summed E-state index contributed by atoms with van der Waals surface area (Å²) in [6, 6.07) is 8.27. The number of morpholine rings is 1. The number of benzene rings is 1. The maximum absolute atomic E-state index is 13.9. The smallest absolute Gasteiger partial charge is 0.261 e. The first-order valence-corrected chi connectivity index (χ1v) is 12.3. The number of nitriles is 1. The third kappa shape index (κ3) is 4.15. The summed E-state index contributed by atoms with van der Waals surface area (Å²) in [6.45, 7) is 4.83. The second-order valence-electron chi connectivity index (χ2n) is 9.88. The van der Waals surface area contributed by atoms with E-state index in [1.165, 1.54) is 22.8 Å². The number of aromatic nitrogens is 5. The summed E-state index contributed by atoms with van der Waals surface area (Å²) in [7, 11) is 1.67. The lowest BCUT2D eigenvalue weighted by Gasteiger charge is -2.37. The van der Waals surface area contributed by atoms with Gasteiger partial charge in [0, 0.05) is 30.9 Å². The van der Waals surface area contributed by atoms with Crippen LogP contribution in [0.4, 0.5) is 10.2 Å². The summed E-state index contributed by atoms with van der Waals surface area (Å²) in [5.74, 6) is 0.576. The SMILES string of the molecule is Cc1nc2c(-c3ccc(F)cc3C#N)nc(N3C[C@@H](C)O[C@@H](c4cnn(C5CC5)c4)C3)cc2c(=O)n1C. The molecule has 0 spiro atoms. The molecule has 2 fully saturated rings. The van der Waals surface area contributed by atoms with E-state index >= 15 is 0 Å². The van der Waals surface area contributed by atoms with Gasteiger partial charge in [-0.3, -0.25) is 14.0 Å². The highest BCUT2D eigenvalue weighted by Crippen LogP contribution is 2.36. The highest BCUT2D eigenvalue weighted by Gasteiger charge is 2.31. The highest BCUT2D eigenvalue weighted by atomic mass is 19.1. The third-order valence-corrected chi connectivity index (χ3v) is 7.13. The summed E-state index contributed by atoms with van der Waals surface area (Å²) in [5, 5.41) is 14.6. The Morgan fingerprint density at radius 1 is 1.19 bits per heavy atom. The van der Waals surface area contributed by atoms with Crippen molar-refractivity contribution in [2.75, 3.05) is 18.0 Å². The number of hydrogen-bond donors (Lipinski definition) is 0. The summed E-state index contributed by atoms with van der Waals surface area (Å²) in [6.07, 6.45) is 5.90. The van der Waals surface area contributed by atoms with Crippen LogP contribution in [0.3, 0.4) is 0 Å². The molecule has 1 aliphatic heterocycles. The Morgan fingerprint density at radius 3 is 2.76 bits per heavy atom. The number of fused-ring (bicyclic) bond motifs is 1. The van der Waals surface area contributed by atoms with Crippen molar-refractivity contribution in [3.05, 3.63) is 69.8 Å². The van der Waals surface area contributed by atoms with Crippen LogP contribution in [0.15, 0.2) is 41.5 Å². The molecule has 2 aliphatic rings. The predicted molar refractivity (Wildman–Crippen MR) is 136 cm³/mol. The van der Waals surface area contributed by atoms with Gasteiger partial charge in [0.1, 0.15) is 34.8 Å². The monoisotopic (exact) mass is 499 g/mol. The fourth-order valence-electron chi connectivity index (χ4n) is 4.91.